The zero-order valence-corrected chi connectivity index (χ0v) is 28.7. The molecule has 2 aromatic rings. The van der Waals surface area contributed by atoms with Gasteiger partial charge in [-0.15, -0.1) is 0 Å². The number of thiocarbonyl (C=S) groups is 2. The highest BCUT2D eigenvalue weighted by atomic mass is 32.2. The minimum Gasteiger partial charge on any atom is -0.356 e. The van der Waals surface area contributed by atoms with Gasteiger partial charge < -0.3 is 27.0 Å². The number of thioether (sulfide) groups is 1. The molecule has 0 radical (unpaired) electrons. The number of Topliss-reactive ketones (excluding diaryl/α,β-unsaturated/α-hetero) is 1. The SMILES string of the molecule is CC[C@H](C)[C@H](CC(=O)[C@H](CCSC)NC(=O)Nc1ccc(CN)cc1)C(=O)NCCCC(=S)Cc1ccc(NC(C)=S)cc1. The molecule has 0 unspecified atom stereocenters. The third-order valence-electron chi connectivity index (χ3n) is 7.45. The molecule has 2 aromatic carbocycles. The van der Waals surface area contributed by atoms with Gasteiger partial charge in [-0.05, 0) is 84.4 Å². The lowest BCUT2D eigenvalue weighted by Gasteiger charge is -2.25. The zero-order chi connectivity index (χ0) is 32.5. The van der Waals surface area contributed by atoms with E-state index in [1.54, 1.807) is 23.9 Å². The number of rotatable bonds is 19. The second-order valence-corrected chi connectivity index (χ2v) is 13.2. The fourth-order valence-corrected chi connectivity index (χ4v) is 5.55. The first-order valence-electron chi connectivity index (χ1n) is 15.1. The smallest absolute Gasteiger partial charge is 0.319 e. The number of carbonyl (C=O) groups excluding carboxylic acids is 3. The molecule has 2 rings (SSSR count). The second kappa shape index (κ2) is 20.2. The highest BCUT2D eigenvalue weighted by molar-refractivity contribution is 7.98. The van der Waals surface area contributed by atoms with Crippen molar-refractivity contribution in [2.24, 2.45) is 17.6 Å². The van der Waals surface area contributed by atoms with Gasteiger partial charge in [0.05, 0.1) is 11.0 Å². The van der Waals surface area contributed by atoms with E-state index in [-0.39, 0.29) is 24.0 Å². The molecule has 11 heteroatoms. The van der Waals surface area contributed by atoms with Crippen LogP contribution in [0.3, 0.4) is 0 Å². The van der Waals surface area contributed by atoms with Crippen LogP contribution in [0, 0.1) is 11.8 Å². The van der Waals surface area contributed by atoms with E-state index in [9.17, 15) is 14.4 Å². The van der Waals surface area contributed by atoms with Crippen molar-refractivity contribution in [2.75, 3.05) is 29.2 Å². The van der Waals surface area contributed by atoms with Crippen LogP contribution < -0.4 is 27.0 Å². The molecule has 6 N–H and O–H groups in total. The Hall–Kier alpha value is -2.86. The molecule has 0 fully saturated rings. The van der Waals surface area contributed by atoms with Crippen LogP contribution in [0.4, 0.5) is 16.2 Å². The Bertz CT molecular complexity index is 1240. The topological polar surface area (TPSA) is 125 Å². The fraction of sp³-hybridized carbons (Fsp3) is 0.485. The van der Waals surface area contributed by atoms with Crippen LogP contribution >= 0.6 is 36.2 Å². The van der Waals surface area contributed by atoms with Crippen molar-refractivity contribution in [1.29, 1.82) is 0 Å². The second-order valence-electron chi connectivity index (χ2n) is 11.0. The summed E-state index contributed by atoms with van der Waals surface area (Å²) in [5, 5.41) is 11.8. The third-order valence-corrected chi connectivity index (χ3v) is 8.54. The molecule has 0 spiro atoms. The van der Waals surface area contributed by atoms with Crippen LogP contribution in [0.1, 0.15) is 64.0 Å². The van der Waals surface area contributed by atoms with E-state index in [2.05, 4.69) is 21.3 Å². The van der Waals surface area contributed by atoms with Gasteiger partial charge in [0.2, 0.25) is 5.91 Å². The molecular weight excluding hydrogens is 611 g/mol. The van der Waals surface area contributed by atoms with Crippen LogP contribution in [0.25, 0.3) is 0 Å². The van der Waals surface area contributed by atoms with Crippen molar-refractivity contribution in [3.8, 4) is 0 Å². The maximum atomic E-state index is 13.4. The third kappa shape index (κ3) is 13.8. The van der Waals surface area contributed by atoms with Gasteiger partial charge in [0.25, 0.3) is 0 Å². The molecule has 44 heavy (non-hydrogen) atoms. The molecule has 8 nitrogen and oxygen atoms in total. The summed E-state index contributed by atoms with van der Waals surface area (Å²) in [7, 11) is 0. The van der Waals surface area contributed by atoms with Crippen LogP contribution in [0.2, 0.25) is 0 Å². The molecule has 0 aliphatic rings. The summed E-state index contributed by atoms with van der Waals surface area (Å²) in [6.07, 6.45) is 5.40. The number of amides is 3. The van der Waals surface area contributed by atoms with Gasteiger partial charge >= 0.3 is 6.03 Å². The molecule has 3 amide bonds. The van der Waals surface area contributed by atoms with E-state index in [1.807, 2.05) is 63.4 Å². The average molecular weight is 658 g/mol. The Morgan fingerprint density at radius 2 is 1.57 bits per heavy atom. The monoisotopic (exact) mass is 657 g/mol. The molecule has 0 saturated carbocycles. The van der Waals surface area contributed by atoms with Crippen molar-refractivity contribution in [3.63, 3.8) is 0 Å². The zero-order valence-electron chi connectivity index (χ0n) is 26.2. The summed E-state index contributed by atoms with van der Waals surface area (Å²) in [4.78, 5) is 41.1. The predicted molar refractivity (Wildman–Crippen MR) is 193 cm³/mol. The first kappa shape index (κ1) is 37.3. The minimum atomic E-state index is -0.689. The maximum absolute atomic E-state index is 13.4. The number of nitrogens with one attached hydrogen (secondary N) is 4. The number of anilines is 2. The molecule has 240 valence electrons. The van der Waals surface area contributed by atoms with Gasteiger partial charge in [0.1, 0.15) is 0 Å². The Balaban J connectivity index is 1.89. The van der Waals surface area contributed by atoms with Crippen LogP contribution in [0.15, 0.2) is 48.5 Å². The summed E-state index contributed by atoms with van der Waals surface area (Å²) in [5.41, 5.74) is 9.30. The van der Waals surface area contributed by atoms with Gasteiger partial charge in [-0.25, -0.2) is 4.79 Å². The Morgan fingerprint density at radius 1 is 0.955 bits per heavy atom. The molecule has 0 heterocycles. The lowest BCUT2D eigenvalue weighted by Crippen LogP contribution is -2.45. The van der Waals surface area contributed by atoms with Gasteiger partial charge in [0.15, 0.2) is 5.78 Å². The molecule has 3 atom stereocenters. The van der Waals surface area contributed by atoms with Crippen molar-refractivity contribution in [1.82, 2.24) is 10.6 Å². The van der Waals surface area contributed by atoms with E-state index in [0.29, 0.717) is 43.8 Å². The number of hydrogen-bond acceptors (Lipinski definition) is 7. The van der Waals surface area contributed by atoms with Crippen molar-refractivity contribution in [2.45, 2.75) is 71.9 Å². The Kier molecular flexibility index (Phi) is 17.2. The lowest BCUT2D eigenvalue weighted by molar-refractivity contribution is -0.131. The quantitative estimate of drug-likeness (QED) is 0.0884. The first-order valence-corrected chi connectivity index (χ1v) is 17.3. The average Bonchev–Trinajstić information content (AvgIpc) is 3.00. The Labute approximate surface area is 277 Å². The number of urea groups is 1. The largest absolute Gasteiger partial charge is 0.356 e. The number of nitrogens with two attached hydrogens (primary N) is 1. The van der Waals surface area contributed by atoms with Crippen molar-refractivity contribution >= 4 is 75.1 Å². The standard InChI is InChI=1S/C33H47N5O3S3/c1-5-22(2)29(32(40)35-17-6-7-28(43)19-24-8-12-26(13-9-24)36-23(3)42)20-31(39)30(16-18-44-4)38-33(41)37-27-14-10-25(21-34)11-15-27/h8-15,22,29-30H,5-7,16-21,34H2,1-4H3,(H,35,40)(H,36,42)(H2,37,38,41)/t22-,29-,30-/m0/s1. The van der Waals surface area contributed by atoms with E-state index < -0.39 is 18.0 Å². The van der Waals surface area contributed by atoms with E-state index in [0.717, 1.165) is 39.5 Å². The van der Waals surface area contributed by atoms with E-state index in [1.165, 1.54) is 0 Å². The van der Waals surface area contributed by atoms with Gasteiger partial charge in [-0.2, -0.15) is 11.8 Å². The number of benzene rings is 2. The van der Waals surface area contributed by atoms with Crippen LogP contribution in [-0.4, -0.2) is 52.2 Å². The number of ketones is 1. The number of hydrogen-bond donors (Lipinski definition) is 5. The van der Waals surface area contributed by atoms with E-state index >= 15 is 0 Å². The van der Waals surface area contributed by atoms with Crippen LogP contribution in [-0.2, 0) is 22.6 Å². The summed E-state index contributed by atoms with van der Waals surface area (Å²) < 4.78 is 0. The summed E-state index contributed by atoms with van der Waals surface area (Å²) in [6.45, 7) is 6.74. The van der Waals surface area contributed by atoms with Crippen molar-refractivity contribution in [3.05, 3.63) is 59.7 Å². The Morgan fingerprint density at radius 3 is 2.14 bits per heavy atom. The van der Waals surface area contributed by atoms with Crippen molar-refractivity contribution < 1.29 is 14.4 Å². The van der Waals surface area contributed by atoms with Crippen LogP contribution in [0.5, 0.6) is 0 Å². The fourth-order valence-electron chi connectivity index (χ4n) is 4.65. The minimum absolute atomic E-state index is 0.00985. The van der Waals surface area contributed by atoms with Gasteiger partial charge in [-0.3, -0.25) is 9.59 Å². The summed E-state index contributed by atoms with van der Waals surface area (Å²) in [5.74, 6) is -0.0425. The summed E-state index contributed by atoms with van der Waals surface area (Å²) >= 11 is 12.3. The predicted octanol–water partition coefficient (Wildman–Crippen LogP) is 6.28. The molecule has 0 bridgehead atoms. The normalized spacial score (nSPS) is 12.8. The van der Waals surface area contributed by atoms with Gasteiger partial charge in [0, 0.05) is 43.2 Å². The molecule has 0 aliphatic heterocycles. The molecule has 0 aliphatic carbocycles. The lowest BCUT2D eigenvalue weighted by atomic mass is 9.85. The first-order chi connectivity index (χ1) is 21.1. The maximum Gasteiger partial charge on any atom is 0.319 e. The molecule has 0 aromatic heterocycles. The summed E-state index contributed by atoms with van der Waals surface area (Å²) in [6, 6.07) is 14.1. The molecular formula is C33H47N5O3S3. The number of carbonyl (C=O) groups is 3. The highest BCUT2D eigenvalue weighted by Gasteiger charge is 2.30. The molecule has 0 saturated heterocycles. The highest BCUT2D eigenvalue weighted by Crippen LogP contribution is 2.22. The van der Waals surface area contributed by atoms with Gasteiger partial charge in [-0.1, -0.05) is 69.0 Å². The van der Waals surface area contributed by atoms with E-state index in [4.69, 9.17) is 30.2 Å².